The molecule has 2 heterocycles. The van der Waals surface area contributed by atoms with E-state index in [0.29, 0.717) is 11.7 Å². The number of likely N-dealkylation sites (tertiary alicyclic amines) is 1. The second kappa shape index (κ2) is 5.17. The lowest BCUT2D eigenvalue weighted by molar-refractivity contribution is 0.0594. The summed E-state index contributed by atoms with van der Waals surface area (Å²) in [5.74, 6) is -0.394. The van der Waals surface area contributed by atoms with E-state index in [2.05, 4.69) is 19.9 Å². The Morgan fingerprint density at radius 3 is 3.05 bits per heavy atom. The van der Waals surface area contributed by atoms with Crippen LogP contribution in [0.2, 0.25) is 0 Å². The lowest BCUT2D eigenvalue weighted by atomic mass is 10.2. The van der Waals surface area contributed by atoms with E-state index < -0.39 is 5.97 Å². The number of aromatic nitrogens is 1. The quantitative estimate of drug-likeness (QED) is 0.833. The third-order valence-electron chi connectivity index (χ3n) is 3.81. The van der Waals surface area contributed by atoms with E-state index in [1.165, 1.54) is 26.5 Å². The predicted octanol–water partition coefficient (Wildman–Crippen LogP) is 1.52. The van der Waals surface area contributed by atoms with Crippen LogP contribution in [0.25, 0.3) is 0 Å². The Hall–Kier alpha value is -1.62. The van der Waals surface area contributed by atoms with Crippen LogP contribution in [-0.4, -0.2) is 48.1 Å². The molecule has 102 valence electrons. The first kappa shape index (κ1) is 12.4. The van der Waals surface area contributed by atoms with Gasteiger partial charge in [0.15, 0.2) is 0 Å². The molecule has 0 aromatic carbocycles. The molecular formula is C14H19N3O2. The summed E-state index contributed by atoms with van der Waals surface area (Å²) in [4.78, 5) is 18.0. The third-order valence-corrected chi connectivity index (χ3v) is 3.81. The van der Waals surface area contributed by atoms with Crippen LogP contribution in [-0.2, 0) is 4.74 Å². The molecule has 1 atom stereocenters. The molecule has 1 aromatic heterocycles. The van der Waals surface area contributed by atoms with E-state index in [0.717, 1.165) is 24.7 Å². The predicted molar refractivity (Wildman–Crippen MR) is 72.2 cm³/mol. The molecule has 1 N–H and O–H groups in total. The van der Waals surface area contributed by atoms with Gasteiger partial charge in [0, 0.05) is 37.1 Å². The number of anilines is 1. The van der Waals surface area contributed by atoms with Crippen molar-refractivity contribution in [2.75, 3.05) is 25.5 Å². The molecular weight excluding hydrogens is 242 g/mol. The Bertz CT molecular complexity index is 474. The average Bonchev–Trinajstić information content (AvgIpc) is 3.19. The van der Waals surface area contributed by atoms with Gasteiger partial charge in [-0.05, 0) is 31.4 Å². The number of carbonyl (C=O) groups is 1. The van der Waals surface area contributed by atoms with Crippen molar-refractivity contribution in [3.05, 3.63) is 24.0 Å². The summed E-state index contributed by atoms with van der Waals surface area (Å²) in [5, 5.41) is 3.48. The van der Waals surface area contributed by atoms with Gasteiger partial charge < -0.3 is 10.1 Å². The average molecular weight is 261 g/mol. The molecule has 1 unspecified atom stereocenters. The minimum atomic E-state index is -0.394. The zero-order valence-corrected chi connectivity index (χ0v) is 11.1. The standard InChI is InChI=1S/C14H19N3O2/c1-19-14(18)13-8-10(4-6-15-13)16-11-5-7-17(9-11)12-2-3-12/h4,6,8,11-12H,2-3,5,7,9H2,1H3,(H,15,16). The maximum atomic E-state index is 11.4. The molecule has 3 rings (SSSR count). The summed E-state index contributed by atoms with van der Waals surface area (Å²) in [7, 11) is 1.37. The monoisotopic (exact) mass is 261 g/mol. The summed E-state index contributed by atoms with van der Waals surface area (Å²) in [5.41, 5.74) is 1.29. The molecule has 2 aliphatic rings. The van der Waals surface area contributed by atoms with Gasteiger partial charge in [0.05, 0.1) is 7.11 Å². The Labute approximate surface area is 113 Å². The zero-order chi connectivity index (χ0) is 13.2. The number of nitrogens with one attached hydrogen (secondary N) is 1. The molecule has 5 heteroatoms. The molecule has 0 bridgehead atoms. The molecule has 1 aliphatic carbocycles. The molecule has 1 aliphatic heterocycles. The van der Waals surface area contributed by atoms with Crippen molar-refractivity contribution in [2.24, 2.45) is 0 Å². The summed E-state index contributed by atoms with van der Waals surface area (Å²) in [6.45, 7) is 2.28. The molecule has 1 saturated heterocycles. The number of ether oxygens (including phenoxy) is 1. The van der Waals surface area contributed by atoms with Crippen molar-refractivity contribution in [2.45, 2.75) is 31.3 Å². The highest BCUT2D eigenvalue weighted by Gasteiger charge is 2.34. The van der Waals surface area contributed by atoms with Gasteiger partial charge in [0.2, 0.25) is 0 Å². The first-order valence-electron chi connectivity index (χ1n) is 6.81. The highest BCUT2D eigenvalue weighted by atomic mass is 16.5. The lowest BCUT2D eigenvalue weighted by Gasteiger charge is -2.16. The molecule has 2 fully saturated rings. The van der Waals surface area contributed by atoms with Crippen molar-refractivity contribution >= 4 is 11.7 Å². The van der Waals surface area contributed by atoms with Gasteiger partial charge in [-0.15, -0.1) is 0 Å². The highest BCUT2D eigenvalue weighted by Crippen LogP contribution is 2.30. The fraction of sp³-hybridized carbons (Fsp3) is 0.571. The van der Waals surface area contributed by atoms with Crippen LogP contribution < -0.4 is 5.32 Å². The smallest absolute Gasteiger partial charge is 0.356 e. The Morgan fingerprint density at radius 1 is 1.47 bits per heavy atom. The van der Waals surface area contributed by atoms with Crippen LogP contribution in [0.1, 0.15) is 29.8 Å². The van der Waals surface area contributed by atoms with E-state index in [1.54, 1.807) is 12.3 Å². The van der Waals surface area contributed by atoms with E-state index in [-0.39, 0.29) is 0 Å². The van der Waals surface area contributed by atoms with E-state index >= 15 is 0 Å². The lowest BCUT2D eigenvalue weighted by Crippen LogP contribution is -2.27. The fourth-order valence-electron chi connectivity index (χ4n) is 2.65. The Kier molecular flexibility index (Phi) is 3.38. The van der Waals surface area contributed by atoms with Crippen molar-refractivity contribution in [3.8, 4) is 0 Å². The van der Waals surface area contributed by atoms with Crippen molar-refractivity contribution in [1.29, 1.82) is 0 Å². The number of esters is 1. The number of methoxy groups -OCH3 is 1. The number of nitrogens with zero attached hydrogens (tertiary/aromatic N) is 2. The SMILES string of the molecule is COC(=O)c1cc(NC2CCN(C3CC3)C2)ccn1. The Morgan fingerprint density at radius 2 is 2.32 bits per heavy atom. The van der Waals surface area contributed by atoms with E-state index in [1.807, 2.05) is 6.07 Å². The van der Waals surface area contributed by atoms with Crippen LogP contribution >= 0.6 is 0 Å². The molecule has 0 amide bonds. The summed E-state index contributed by atoms with van der Waals surface area (Å²) in [6, 6.07) is 4.95. The minimum absolute atomic E-state index is 0.351. The van der Waals surface area contributed by atoms with Crippen LogP contribution in [0.4, 0.5) is 5.69 Å². The topological polar surface area (TPSA) is 54.5 Å². The second-order valence-electron chi connectivity index (χ2n) is 5.28. The number of hydrogen-bond acceptors (Lipinski definition) is 5. The van der Waals surface area contributed by atoms with E-state index in [9.17, 15) is 4.79 Å². The van der Waals surface area contributed by atoms with Crippen LogP contribution in [0.15, 0.2) is 18.3 Å². The van der Waals surface area contributed by atoms with Gasteiger partial charge in [-0.25, -0.2) is 9.78 Å². The van der Waals surface area contributed by atoms with Gasteiger partial charge in [0.1, 0.15) is 5.69 Å². The van der Waals surface area contributed by atoms with Crippen molar-refractivity contribution in [1.82, 2.24) is 9.88 Å². The van der Waals surface area contributed by atoms with Crippen LogP contribution in [0.3, 0.4) is 0 Å². The number of rotatable bonds is 4. The minimum Gasteiger partial charge on any atom is -0.464 e. The maximum Gasteiger partial charge on any atom is 0.356 e. The highest BCUT2D eigenvalue weighted by molar-refractivity contribution is 5.88. The van der Waals surface area contributed by atoms with Crippen LogP contribution in [0.5, 0.6) is 0 Å². The molecule has 1 aromatic rings. The molecule has 0 spiro atoms. The van der Waals surface area contributed by atoms with Gasteiger partial charge >= 0.3 is 5.97 Å². The summed E-state index contributed by atoms with van der Waals surface area (Å²) in [6.07, 6.45) is 5.51. The van der Waals surface area contributed by atoms with Gasteiger partial charge in [0.25, 0.3) is 0 Å². The second-order valence-corrected chi connectivity index (χ2v) is 5.28. The number of carbonyl (C=O) groups excluding carboxylic acids is 1. The first-order chi connectivity index (χ1) is 9.26. The van der Waals surface area contributed by atoms with Gasteiger partial charge in [-0.3, -0.25) is 4.90 Å². The zero-order valence-electron chi connectivity index (χ0n) is 11.1. The molecule has 5 nitrogen and oxygen atoms in total. The molecule has 19 heavy (non-hydrogen) atoms. The van der Waals surface area contributed by atoms with Gasteiger partial charge in [-0.2, -0.15) is 0 Å². The Balaban J connectivity index is 1.61. The number of hydrogen-bond donors (Lipinski definition) is 1. The maximum absolute atomic E-state index is 11.4. The van der Waals surface area contributed by atoms with Crippen LogP contribution in [0, 0.1) is 0 Å². The third kappa shape index (κ3) is 2.87. The van der Waals surface area contributed by atoms with Gasteiger partial charge in [-0.1, -0.05) is 0 Å². The van der Waals surface area contributed by atoms with E-state index in [4.69, 9.17) is 0 Å². The first-order valence-corrected chi connectivity index (χ1v) is 6.81. The largest absolute Gasteiger partial charge is 0.464 e. The summed E-state index contributed by atoms with van der Waals surface area (Å²) >= 11 is 0. The normalized spacial score (nSPS) is 23.3. The fourth-order valence-corrected chi connectivity index (χ4v) is 2.65. The number of pyridine rings is 1. The molecule has 0 radical (unpaired) electrons. The van der Waals surface area contributed by atoms with Crippen molar-refractivity contribution in [3.63, 3.8) is 0 Å². The van der Waals surface area contributed by atoms with Crippen molar-refractivity contribution < 1.29 is 9.53 Å². The summed E-state index contributed by atoms with van der Waals surface area (Å²) < 4.78 is 4.68. The molecule has 1 saturated carbocycles.